The average Bonchev–Trinajstić information content (AvgIpc) is 1.63. The summed E-state index contributed by atoms with van der Waals surface area (Å²) in [7, 11) is -2.37. The van der Waals surface area contributed by atoms with Gasteiger partial charge in [0.05, 0.1) is 0 Å². The first-order valence-corrected chi connectivity index (χ1v) is 1.84. The zero-order chi connectivity index (χ0) is 7.44. The monoisotopic (exact) mass is 241 g/mol. The first kappa shape index (κ1) is 12.4. The Morgan fingerprint density at radius 2 is 1.70 bits per heavy atom. The average molecular weight is 242 g/mol. The van der Waals surface area contributed by atoms with Crippen LogP contribution in [0.2, 0.25) is 0 Å². The Labute approximate surface area is 71.5 Å². The molecule has 0 aromatic carbocycles. The fourth-order valence-corrected chi connectivity index (χ4v) is 0.146. The third-order valence-corrected chi connectivity index (χ3v) is 0.387. The van der Waals surface area contributed by atoms with Crippen LogP contribution in [0.5, 0.6) is 0 Å². The van der Waals surface area contributed by atoms with Gasteiger partial charge in [0.25, 0.3) is 0 Å². The second kappa shape index (κ2) is 5.45. The number of carbonyl (C=O) groups is 2. The first-order chi connectivity index (χ1) is 4.04. The Kier molecular flexibility index (Phi) is 6.73. The van der Waals surface area contributed by atoms with Crippen LogP contribution in [0, 0.1) is 0 Å². The van der Waals surface area contributed by atoms with Crippen molar-refractivity contribution in [3.8, 4) is 0 Å². The zero-order valence-electron chi connectivity index (χ0n) is 4.45. The summed E-state index contributed by atoms with van der Waals surface area (Å²) in [5.74, 6) is -3.58. The summed E-state index contributed by atoms with van der Waals surface area (Å²) in [4.78, 5) is 19.3. The van der Waals surface area contributed by atoms with Crippen molar-refractivity contribution in [1.29, 1.82) is 0 Å². The maximum absolute atomic E-state index is 9.81. The van der Waals surface area contributed by atoms with E-state index in [1.165, 1.54) is 0 Å². The maximum atomic E-state index is 9.81. The minimum absolute atomic E-state index is 0. The first-order valence-electron chi connectivity index (χ1n) is 1.84. The van der Waals surface area contributed by atoms with E-state index in [0.717, 1.165) is 0 Å². The molecule has 61 valence electrons. The van der Waals surface area contributed by atoms with Gasteiger partial charge in [0.1, 0.15) is 0 Å². The SMILES string of the molecule is O=C(O)C(=O)OB(O)O.[Ag]. The van der Waals surface area contributed by atoms with E-state index in [4.69, 9.17) is 15.2 Å². The predicted octanol–water partition coefficient (Wildman–Crippen LogP) is -2.42. The van der Waals surface area contributed by atoms with E-state index in [0.29, 0.717) is 0 Å². The summed E-state index contributed by atoms with van der Waals surface area (Å²) in [6, 6.07) is 0. The Hall–Kier alpha value is -0.335. The molecule has 0 amide bonds. The summed E-state index contributed by atoms with van der Waals surface area (Å²) in [6.07, 6.45) is 0. The summed E-state index contributed by atoms with van der Waals surface area (Å²) in [5, 5.41) is 23.4. The zero-order valence-corrected chi connectivity index (χ0v) is 5.93. The summed E-state index contributed by atoms with van der Waals surface area (Å²) in [5.41, 5.74) is 0. The van der Waals surface area contributed by atoms with Crippen molar-refractivity contribution in [2.45, 2.75) is 0 Å². The Morgan fingerprint density at radius 1 is 1.30 bits per heavy atom. The number of aliphatic carboxylic acids is 1. The van der Waals surface area contributed by atoms with Gasteiger partial charge in [0.2, 0.25) is 0 Å². The molecule has 10 heavy (non-hydrogen) atoms. The Balaban J connectivity index is 0. The number of carbonyl (C=O) groups excluding carboxylic acids is 1. The third kappa shape index (κ3) is 5.80. The standard InChI is InChI=1S/C2H3BO6.Ag/c4-1(5)2(6)9-3(7)8;/h7-8H,(H,4,5);. The van der Waals surface area contributed by atoms with Gasteiger partial charge in [-0.05, 0) is 0 Å². The molecule has 0 spiro atoms. The molecule has 0 aromatic heterocycles. The van der Waals surface area contributed by atoms with Crippen LogP contribution < -0.4 is 0 Å². The van der Waals surface area contributed by atoms with E-state index < -0.39 is 19.3 Å². The van der Waals surface area contributed by atoms with E-state index in [1.807, 2.05) is 0 Å². The van der Waals surface area contributed by atoms with Gasteiger partial charge < -0.3 is 19.8 Å². The van der Waals surface area contributed by atoms with Crippen molar-refractivity contribution in [2.75, 3.05) is 0 Å². The van der Waals surface area contributed by atoms with Crippen molar-refractivity contribution in [3.05, 3.63) is 0 Å². The molecule has 6 nitrogen and oxygen atoms in total. The van der Waals surface area contributed by atoms with Crippen molar-refractivity contribution in [1.82, 2.24) is 0 Å². The van der Waals surface area contributed by atoms with E-state index in [1.54, 1.807) is 0 Å². The van der Waals surface area contributed by atoms with Gasteiger partial charge in [-0.15, -0.1) is 0 Å². The number of hydrogen-bond donors (Lipinski definition) is 3. The van der Waals surface area contributed by atoms with Crippen LogP contribution in [0.4, 0.5) is 0 Å². The van der Waals surface area contributed by atoms with Gasteiger partial charge >= 0.3 is 19.3 Å². The van der Waals surface area contributed by atoms with Gasteiger partial charge in [-0.3, -0.25) is 0 Å². The molecule has 0 unspecified atom stereocenters. The van der Waals surface area contributed by atoms with Gasteiger partial charge in [-0.1, -0.05) is 0 Å². The molecule has 0 heterocycles. The molecule has 3 N–H and O–H groups in total. The third-order valence-electron chi connectivity index (χ3n) is 0.387. The van der Waals surface area contributed by atoms with Gasteiger partial charge in [-0.25, -0.2) is 9.59 Å². The van der Waals surface area contributed by atoms with Crippen molar-refractivity contribution in [3.63, 3.8) is 0 Å². The largest absolute Gasteiger partial charge is 0.709 e. The van der Waals surface area contributed by atoms with E-state index >= 15 is 0 Å². The van der Waals surface area contributed by atoms with Gasteiger partial charge in [-0.2, -0.15) is 0 Å². The Morgan fingerprint density at radius 3 is 1.80 bits per heavy atom. The van der Waals surface area contributed by atoms with Crippen LogP contribution >= 0.6 is 0 Å². The maximum Gasteiger partial charge on any atom is 0.709 e. The van der Waals surface area contributed by atoms with Crippen LogP contribution in [-0.2, 0) is 36.6 Å². The topological polar surface area (TPSA) is 104 Å². The van der Waals surface area contributed by atoms with Gasteiger partial charge in [0.15, 0.2) is 0 Å². The molecule has 0 aliphatic heterocycles. The second-order valence-electron chi connectivity index (χ2n) is 1.04. The molecule has 8 heteroatoms. The number of carboxylic acid groups (broad SMARTS) is 1. The smallest absolute Gasteiger partial charge is 0.476 e. The molecule has 0 fully saturated rings. The molecule has 0 rings (SSSR count). The van der Waals surface area contributed by atoms with E-state index in [2.05, 4.69) is 4.65 Å². The summed E-state index contributed by atoms with van der Waals surface area (Å²) in [6.45, 7) is 0. The normalized spacial score (nSPS) is 7.40. The summed E-state index contributed by atoms with van der Waals surface area (Å²) >= 11 is 0. The minimum atomic E-state index is -2.37. The fourth-order valence-electron chi connectivity index (χ4n) is 0.146. The summed E-state index contributed by atoms with van der Waals surface area (Å²) < 4.78 is 3.38. The number of carboxylic acids is 1. The molecule has 0 bridgehead atoms. The van der Waals surface area contributed by atoms with Gasteiger partial charge in [0, 0.05) is 22.4 Å². The molecule has 1 radical (unpaired) electrons. The number of rotatable bonds is 1. The molecule has 0 atom stereocenters. The molecule has 0 saturated heterocycles. The molecule has 0 aromatic rings. The van der Waals surface area contributed by atoms with Crippen LogP contribution in [0.3, 0.4) is 0 Å². The predicted molar refractivity (Wildman–Crippen MR) is 23.9 cm³/mol. The van der Waals surface area contributed by atoms with Crippen LogP contribution in [-0.4, -0.2) is 34.4 Å². The minimum Gasteiger partial charge on any atom is -0.476 e. The fraction of sp³-hybridized carbons (Fsp3) is 0. The molecular weight excluding hydrogens is 239 g/mol. The molecule has 0 aliphatic carbocycles. The van der Waals surface area contributed by atoms with Crippen LogP contribution in [0.25, 0.3) is 0 Å². The van der Waals surface area contributed by atoms with Crippen LogP contribution in [0.1, 0.15) is 0 Å². The van der Waals surface area contributed by atoms with Crippen molar-refractivity contribution >= 4 is 19.3 Å². The second-order valence-corrected chi connectivity index (χ2v) is 1.04. The molecule has 0 saturated carbocycles. The molecular formula is C2H3AgBO6. The molecule has 0 aliphatic rings. The quantitative estimate of drug-likeness (QED) is 0.349. The van der Waals surface area contributed by atoms with Crippen molar-refractivity contribution in [2.24, 2.45) is 0 Å². The Bertz CT molecular complexity index is 134. The van der Waals surface area contributed by atoms with Crippen LogP contribution in [0.15, 0.2) is 0 Å². The number of hydrogen-bond acceptors (Lipinski definition) is 5. The van der Waals surface area contributed by atoms with E-state index in [-0.39, 0.29) is 22.4 Å². The van der Waals surface area contributed by atoms with Crippen molar-refractivity contribution < 1.29 is 51.8 Å². The van der Waals surface area contributed by atoms with E-state index in [9.17, 15) is 9.59 Å².